The number of hydrogen-bond acceptors (Lipinski definition) is 5. The van der Waals surface area contributed by atoms with Crippen LogP contribution in [0.15, 0.2) is 42.5 Å². The zero-order valence-electron chi connectivity index (χ0n) is 10.9. The van der Waals surface area contributed by atoms with E-state index in [1.54, 1.807) is 6.08 Å². The summed E-state index contributed by atoms with van der Waals surface area (Å²) in [5.74, 6) is -0.869. The van der Waals surface area contributed by atoms with E-state index < -0.39 is 30.3 Å². The lowest BCUT2D eigenvalue weighted by molar-refractivity contribution is -0.162. The third-order valence-electron chi connectivity index (χ3n) is 3.35. The van der Waals surface area contributed by atoms with Crippen molar-refractivity contribution < 1.29 is 23.8 Å². The highest BCUT2D eigenvalue weighted by Crippen LogP contribution is 2.39. The van der Waals surface area contributed by atoms with E-state index in [0.29, 0.717) is 0 Å². The molecule has 0 unspecified atom stereocenters. The van der Waals surface area contributed by atoms with Gasteiger partial charge in [-0.15, -0.1) is 0 Å². The van der Waals surface area contributed by atoms with Crippen LogP contribution in [-0.4, -0.2) is 30.3 Å². The zero-order valence-corrected chi connectivity index (χ0v) is 10.9. The van der Waals surface area contributed by atoms with Gasteiger partial charge in [0, 0.05) is 13.0 Å². The van der Waals surface area contributed by atoms with Crippen molar-refractivity contribution in [2.24, 2.45) is 0 Å². The SMILES string of the molecule is CC(=O)O[C@@H]1[C@@H]2OC(=O)C=C[C@@H]2O[C@H]1c1ccccc1. The zero-order chi connectivity index (χ0) is 14.1. The van der Waals surface area contributed by atoms with E-state index in [2.05, 4.69) is 0 Å². The Kier molecular flexibility index (Phi) is 3.28. The van der Waals surface area contributed by atoms with Gasteiger partial charge in [-0.2, -0.15) is 0 Å². The van der Waals surface area contributed by atoms with Gasteiger partial charge in [-0.25, -0.2) is 4.79 Å². The maximum atomic E-state index is 11.4. The Labute approximate surface area is 116 Å². The Hall–Kier alpha value is -2.14. The number of esters is 2. The Bertz CT molecular complexity index is 551. The molecule has 1 aromatic carbocycles. The molecule has 1 aromatic rings. The van der Waals surface area contributed by atoms with Crippen molar-refractivity contribution in [2.45, 2.75) is 31.3 Å². The summed E-state index contributed by atoms with van der Waals surface area (Å²) in [6.07, 6.45) is 0.929. The van der Waals surface area contributed by atoms with Crippen LogP contribution in [0.3, 0.4) is 0 Å². The predicted molar refractivity (Wildman–Crippen MR) is 68.6 cm³/mol. The monoisotopic (exact) mass is 274 g/mol. The first-order chi connectivity index (χ1) is 9.65. The largest absolute Gasteiger partial charge is 0.455 e. The fourth-order valence-corrected chi connectivity index (χ4v) is 2.55. The van der Waals surface area contributed by atoms with E-state index in [1.165, 1.54) is 13.0 Å². The molecule has 5 nitrogen and oxygen atoms in total. The second kappa shape index (κ2) is 5.09. The Morgan fingerprint density at radius 3 is 2.70 bits per heavy atom. The summed E-state index contributed by atoms with van der Waals surface area (Å²) in [5.41, 5.74) is 0.887. The quantitative estimate of drug-likeness (QED) is 0.765. The van der Waals surface area contributed by atoms with Crippen LogP contribution in [0.2, 0.25) is 0 Å². The molecule has 0 radical (unpaired) electrons. The average molecular weight is 274 g/mol. The average Bonchev–Trinajstić information content (AvgIpc) is 2.77. The Morgan fingerprint density at radius 1 is 1.25 bits per heavy atom. The number of fused-ring (bicyclic) bond motifs is 1. The maximum absolute atomic E-state index is 11.4. The van der Waals surface area contributed by atoms with E-state index in [-0.39, 0.29) is 6.10 Å². The molecule has 0 aliphatic carbocycles. The summed E-state index contributed by atoms with van der Waals surface area (Å²) in [5, 5.41) is 0. The van der Waals surface area contributed by atoms with Crippen LogP contribution in [0.5, 0.6) is 0 Å². The maximum Gasteiger partial charge on any atom is 0.331 e. The van der Waals surface area contributed by atoms with Crippen LogP contribution in [0.1, 0.15) is 18.6 Å². The molecule has 4 atom stereocenters. The van der Waals surface area contributed by atoms with Gasteiger partial charge in [-0.3, -0.25) is 4.79 Å². The van der Waals surface area contributed by atoms with Gasteiger partial charge in [0.1, 0.15) is 12.2 Å². The molecular formula is C15H14O5. The minimum Gasteiger partial charge on any atom is -0.455 e. The summed E-state index contributed by atoms with van der Waals surface area (Å²) in [7, 11) is 0. The molecule has 20 heavy (non-hydrogen) atoms. The normalized spacial score (nSPS) is 31.6. The molecule has 2 heterocycles. The molecular weight excluding hydrogens is 260 g/mol. The van der Waals surface area contributed by atoms with Crippen molar-refractivity contribution in [3.8, 4) is 0 Å². The molecule has 0 saturated carbocycles. The van der Waals surface area contributed by atoms with E-state index >= 15 is 0 Å². The van der Waals surface area contributed by atoms with E-state index in [4.69, 9.17) is 14.2 Å². The minimum absolute atomic E-state index is 0.387. The molecule has 2 aliphatic heterocycles. The number of carbonyl (C=O) groups is 2. The third kappa shape index (κ3) is 2.32. The van der Waals surface area contributed by atoms with Crippen LogP contribution in [0, 0.1) is 0 Å². The molecule has 0 amide bonds. The highest BCUT2D eigenvalue weighted by atomic mass is 16.6. The highest BCUT2D eigenvalue weighted by Gasteiger charge is 2.49. The van der Waals surface area contributed by atoms with E-state index in [9.17, 15) is 9.59 Å². The fraction of sp³-hybridized carbons (Fsp3) is 0.333. The van der Waals surface area contributed by atoms with Crippen molar-refractivity contribution in [1.82, 2.24) is 0 Å². The molecule has 104 valence electrons. The Morgan fingerprint density at radius 2 is 2.00 bits per heavy atom. The van der Waals surface area contributed by atoms with Gasteiger partial charge in [0.25, 0.3) is 0 Å². The number of rotatable bonds is 2. The first-order valence-corrected chi connectivity index (χ1v) is 6.41. The fourth-order valence-electron chi connectivity index (χ4n) is 2.55. The first-order valence-electron chi connectivity index (χ1n) is 6.41. The van der Waals surface area contributed by atoms with Crippen molar-refractivity contribution in [3.63, 3.8) is 0 Å². The van der Waals surface area contributed by atoms with Crippen molar-refractivity contribution >= 4 is 11.9 Å². The lowest BCUT2D eigenvalue weighted by atomic mass is 10.00. The second-order valence-electron chi connectivity index (χ2n) is 4.77. The van der Waals surface area contributed by atoms with Gasteiger partial charge in [-0.1, -0.05) is 30.3 Å². The standard InChI is InChI=1S/C15H14O5/c1-9(16)18-15-13(10-5-3-2-4-6-10)19-11-7-8-12(17)20-14(11)15/h2-8,11,13-15H,1H3/t11-,13-,14+,15-/m0/s1. The third-order valence-corrected chi connectivity index (χ3v) is 3.35. The van der Waals surface area contributed by atoms with Crippen molar-refractivity contribution in [2.75, 3.05) is 0 Å². The van der Waals surface area contributed by atoms with Gasteiger partial charge in [0.05, 0.1) is 0 Å². The van der Waals surface area contributed by atoms with Crippen molar-refractivity contribution in [1.29, 1.82) is 0 Å². The molecule has 0 N–H and O–H groups in total. The molecule has 0 aromatic heterocycles. The van der Waals surface area contributed by atoms with Crippen LogP contribution < -0.4 is 0 Å². The highest BCUT2D eigenvalue weighted by molar-refractivity contribution is 5.83. The smallest absolute Gasteiger partial charge is 0.331 e. The topological polar surface area (TPSA) is 61.8 Å². The first kappa shape index (κ1) is 12.9. The van der Waals surface area contributed by atoms with Gasteiger partial charge in [0.15, 0.2) is 12.2 Å². The number of benzene rings is 1. The number of carbonyl (C=O) groups excluding carboxylic acids is 2. The molecule has 0 spiro atoms. The molecule has 5 heteroatoms. The van der Waals surface area contributed by atoms with Crippen molar-refractivity contribution in [3.05, 3.63) is 48.0 Å². The summed E-state index contributed by atoms with van der Waals surface area (Å²) in [6, 6.07) is 9.45. The summed E-state index contributed by atoms with van der Waals surface area (Å²) < 4.78 is 16.4. The second-order valence-corrected chi connectivity index (χ2v) is 4.77. The lowest BCUT2D eigenvalue weighted by Crippen LogP contribution is -2.39. The number of hydrogen-bond donors (Lipinski definition) is 0. The molecule has 0 bridgehead atoms. The van der Waals surface area contributed by atoms with E-state index in [0.717, 1.165) is 5.56 Å². The molecule has 3 rings (SSSR count). The van der Waals surface area contributed by atoms with E-state index in [1.807, 2.05) is 30.3 Å². The Balaban J connectivity index is 1.92. The van der Waals surface area contributed by atoms with Crippen LogP contribution in [0.4, 0.5) is 0 Å². The molecule has 1 fully saturated rings. The van der Waals surface area contributed by atoms with Crippen LogP contribution in [0.25, 0.3) is 0 Å². The minimum atomic E-state index is -0.631. The summed E-state index contributed by atoms with van der Waals surface area (Å²) >= 11 is 0. The van der Waals surface area contributed by atoms with Gasteiger partial charge in [-0.05, 0) is 11.6 Å². The van der Waals surface area contributed by atoms with Gasteiger partial charge in [0.2, 0.25) is 0 Å². The number of ether oxygens (including phenoxy) is 3. The summed E-state index contributed by atoms with van der Waals surface area (Å²) in [4.78, 5) is 22.7. The van der Waals surface area contributed by atoms with Crippen LogP contribution in [-0.2, 0) is 23.8 Å². The molecule has 2 aliphatic rings. The predicted octanol–water partition coefficient (Wildman–Crippen LogP) is 1.54. The summed E-state index contributed by atoms with van der Waals surface area (Å²) in [6.45, 7) is 1.33. The lowest BCUT2D eigenvalue weighted by Gasteiger charge is -2.24. The molecule has 1 saturated heterocycles. The van der Waals surface area contributed by atoms with Crippen LogP contribution >= 0.6 is 0 Å². The van der Waals surface area contributed by atoms with Gasteiger partial charge >= 0.3 is 11.9 Å². The van der Waals surface area contributed by atoms with Gasteiger partial charge < -0.3 is 14.2 Å².